The van der Waals surface area contributed by atoms with E-state index in [-0.39, 0.29) is 10.8 Å². The minimum absolute atomic E-state index is 0.0447. The van der Waals surface area contributed by atoms with E-state index in [9.17, 15) is 13.2 Å². The van der Waals surface area contributed by atoms with Crippen molar-refractivity contribution in [1.82, 2.24) is 9.97 Å². The van der Waals surface area contributed by atoms with Crippen LogP contribution in [0.25, 0.3) is 20.9 Å². The summed E-state index contributed by atoms with van der Waals surface area (Å²) in [4.78, 5) is 22.4. The van der Waals surface area contributed by atoms with Crippen LogP contribution in [0.15, 0.2) is 65.7 Å². The number of hydrogen-bond donors (Lipinski definition) is 2. The highest BCUT2D eigenvalue weighted by atomic mass is 32.2. The maximum absolute atomic E-state index is 12.6. The molecule has 0 aliphatic carbocycles. The Kier molecular flexibility index (Phi) is 4.87. The lowest BCUT2D eigenvalue weighted by Gasteiger charge is -2.11. The third kappa shape index (κ3) is 3.88. The van der Waals surface area contributed by atoms with Gasteiger partial charge in [-0.05, 0) is 55.0 Å². The fourth-order valence-corrected chi connectivity index (χ4v) is 4.38. The number of amides is 1. The summed E-state index contributed by atoms with van der Waals surface area (Å²) in [5, 5.41) is 8.78. The summed E-state index contributed by atoms with van der Waals surface area (Å²) < 4.78 is 22.7. The molecule has 0 aliphatic heterocycles. The summed E-state index contributed by atoms with van der Waals surface area (Å²) in [6.45, 7) is 1.91. The van der Waals surface area contributed by atoms with E-state index >= 15 is 0 Å². The van der Waals surface area contributed by atoms with Crippen molar-refractivity contribution in [3.8, 4) is 10.6 Å². The fraction of sp³-hybridized carbons (Fsp3) is 0.0500. The van der Waals surface area contributed by atoms with Crippen molar-refractivity contribution >= 4 is 43.3 Å². The number of fused-ring (bicyclic) bond motifs is 1. The van der Waals surface area contributed by atoms with E-state index in [2.05, 4.69) is 15.3 Å². The number of carbonyl (C=O) groups excluding carboxylic acids is 1. The zero-order valence-electron chi connectivity index (χ0n) is 15.3. The zero-order chi connectivity index (χ0) is 20.6. The third-order valence-electron chi connectivity index (χ3n) is 4.42. The lowest BCUT2D eigenvalue weighted by atomic mass is 10.1. The largest absolute Gasteiger partial charge is 0.322 e. The van der Waals surface area contributed by atoms with E-state index in [0.717, 1.165) is 26.5 Å². The molecule has 1 amide bonds. The summed E-state index contributed by atoms with van der Waals surface area (Å²) in [6.07, 6.45) is 1.73. The van der Waals surface area contributed by atoms with Crippen LogP contribution in [0.5, 0.6) is 0 Å². The van der Waals surface area contributed by atoms with Crippen LogP contribution in [-0.4, -0.2) is 24.3 Å². The molecule has 2 aromatic heterocycles. The monoisotopic (exact) mass is 424 g/mol. The van der Waals surface area contributed by atoms with Crippen molar-refractivity contribution in [2.75, 3.05) is 5.32 Å². The van der Waals surface area contributed by atoms with Gasteiger partial charge in [0.2, 0.25) is 10.0 Å². The van der Waals surface area contributed by atoms with Gasteiger partial charge in [-0.1, -0.05) is 23.5 Å². The number of primary sulfonamides is 1. The van der Waals surface area contributed by atoms with Gasteiger partial charge in [-0.25, -0.2) is 23.5 Å². The average Bonchev–Trinajstić information content (AvgIpc) is 3.13. The summed E-state index contributed by atoms with van der Waals surface area (Å²) in [5.74, 6) is -0.350. The van der Waals surface area contributed by atoms with Gasteiger partial charge in [0.1, 0.15) is 15.4 Å². The number of nitrogens with two attached hydrogens (primary N) is 1. The lowest BCUT2D eigenvalue weighted by molar-refractivity contribution is 0.102. The Morgan fingerprint density at radius 3 is 2.52 bits per heavy atom. The summed E-state index contributed by atoms with van der Waals surface area (Å²) in [7, 11) is -3.80. The highest BCUT2D eigenvalue weighted by Gasteiger charge is 2.15. The second-order valence-corrected chi connectivity index (χ2v) is 8.89. The number of anilines is 1. The summed E-state index contributed by atoms with van der Waals surface area (Å²) in [6, 6.07) is 14.8. The number of aromatic nitrogens is 2. The number of nitrogens with one attached hydrogen (secondary N) is 1. The maximum Gasteiger partial charge on any atom is 0.255 e. The number of carbonyl (C=O) groups is 1. The molecule has 0 unspecified atom stereocenters. The van der Waals surface area contributed by atoms with Crippen LogP contribution in [-0.2, 0) is 10.0 Å². The quantitative estimate of drug-likeness (QED) is 0.520. The van der Waals surface area contributed by atoms with Gasteiger partial charge >= 0.3 is 0 Å². The first-order chi connectivity index (χ1) is 13.8. The second-order valence-electron chi connectivity index (χ2n) is 6.35. The standard InChI is InChI=1S/C20H16N4O3S2/c1-12-15(19-24-17-6-3-11-22-20(17)28-19)4-2-5-16(12)23-18(25)13-7-9-14(10-8-13)29(21,26)27/h2-11H,1H3,(H,23,25)(H2,21,26,27). The van der Waals surface area contributed by atoms with E-state index in [1.165, 1.54) is 35.6 Å². The number of hydrogen-bond acceptors (Lipinski definition) is 6. The van der Waals surface area contributed by atoms with Gasteiger partial charge in [-0.3, -0.25) is 4.79 Å². The Bertz CT molecular complexity index is 1300. The zero-order valence-corrected chi connectivity index (χ0v) is 16.9. The molecule has 0 radical (unpaired) electrons. The molecular formula is C20H16N4O3S2. The number of nitrogens with zero attached hydrogens (tertiary/aromatic N) is 2. The molecule has 0 atom stereocenters. The van der Waals surface area contributed by atoms with Crippen molar-refractivity contribution in [1.29, 1.82) is 0 Å². The molecule has 2 heterocycles. The molecule has 0 saturated heterocycles. The normalized spacial score (nSPS) is 11.5. The van der Waals surface area contributed by atoms with Gasteiger partial charge in [0.25, 0.3) is 5.91 Å². The minimum Gasteiger partial charge on any atom is -0.322 e. The van der Waals surface area contributed by atoms with Crippen LogP contribution < -0.4 is 10.5 Å². The first kappa shape index (κ1) is 19.2. The minimum atomic E-state index is -3.80. The molecule has 3 N–H and O–H groups in total. The molecule has 29 heavy (non-hydrogen) atoms. The van der Waals surface area contributed by atoms with Crippen LogP contribution in [0.2, 0.25) is 0 Å². The Labute approximate surface area is 171 Å². The molecule has 9 heteroatoms. The number of benzene rings is 2. The number of thiazole rings is 1. The van der Waals surface area contributed by atoms with Gasteiger partial charge in [-0.15, -0.1) is 0 Å². The molecule has 4 rings (SSSR count). The molecule has 0 saturated carbocycles. The number of sulfonamides is 1. The van der Waals surface area contributed by atoms with Crippen LogP contribution in [0, 0.1) is 6.92 Å². The van der Waals surface area contributed by atoms with E-state index in [0.29, 0.717) is 11.3 Å². The second kappa shape index (κ2) is 7.36. The van der Waals surface area contributed by atoms with Crippen molar-refractivity contribution < 1.29 is 13.2 Å². The topological polar surface area (TPSA) is 115 Å². The van der Waals surface area contributed by atoms with Crippen molar-refractivity contribution in [2.24, 2.45) is 5.14 Å². The fourth-order valence-electron chi connectivity index (χ4n) is 2.88. The molecular weight excluding hydrogens is 408 g/mol. The Balaban J connectivity index is 1.62. The highest BCUT2D eigenvalue weighted by Crippen LogP contribution is 2.33. The van der Waals surface area contributed by atoms with Gasteiger partial charge in [-0.2, -0.15) is 0 Å². The predicted molar refractivity (Wildman–Crippen MR) is 113 cm³/mol. The smallest absolute Gasteiger partial charge is 0.255 e. The molecule has 2 aromatic carbocycles. The molecule has 7 nitrogen and oxygen atoms in total. The van der Waals surface area contributed by atoms with Crippen LogP contribution >= 0.6 is 11.3 Å². The summed E-state index contributed by atoms with van der Waals surface area (Å²) >= 11 is 1.49. The van der Waals surface area contributed by atoms with Gasteiger partial charge in [0, 0.05) is 23.0 Å². The summed E-state index contributed by atoms with van der Waals surface area (Å²) in [5.41, 5.74) is 3.59. The van der Waals surface area contributed by atoms with Crippen LogP contribution in [0.4, 0.5) is 5.69 Å². The van der Waals surface area contributed by atoms with Crippen molar-refractivity contribution in [2.45, 2.75) is 11.8 Å². The Morgan fingerprint density at radius 2 is 1.83 bits per heavy atom. The third-order valence-corrected chi connectivity index (χ3v) is 6.37. The number of pyridine rings is 1. The van der Waals surface area contributed by atoms with Gasteiger partial charge < -0.3 is 5.32 Å². The van der Waals surface area contributed by atoms with Crippen LogP contribution in [0.3, 0.4) is 0 Å². The van der Waals surface area contributed by atoms with E-state index in [4.69, 9.17) is 5.14 Å². The first-order valence-corrected chi connectivity index (χ1v) is 10.9. The highest BCUT2D eigenvalue weighted by molar-refractivity contribution is 7.89. The average molecular weight is 425 g/mol. The van der Waals surface area contributed by atoms with E-state index in [1.54, 1.807) is 12.3 Å². The molecule has 0 spiro atoms. The SMILES string of the molecule is Cc1c(NC(=O)c2ccc(S(N)(=O)=O)cc2)cccc1-c1nc2cccnc2s1. The molecule has 0 aliphatic rings. The number of rotatable bonds is 4. The Hall–Kier alpha value is -3.14. The predicted octanol–water partition coefficient (Wildman–Crippen LogP) is 3.57. The maximum atomic E-state index is 12.6. The van der Waals surface area contributed by atoms with Crippen molar-refractivity contribution in [3.63, 3.8) is 0 Å². The molecule has 0 bridgehead atoms. The van der Waals surface area contributed by atoms with Gasteiger partial charge in [0.05, 0.1) is 4.90 Å². The van der Waals surface area contributed by atoms with E-state index in [1.807, 2.05) is 31.2 Å². The van der Waals surface area contributed by atoms with Crippen LogP contribution in [0.1, 0.15) is 15.9 Å². The lowest BCUT2D eigenvalue weighted by Crippen LogP contribution is -2.15. The molecule has 146 valence electrons. The molecule has 0 fully saturated rings. The van der Waals surface area contributed by atoms with E-state index < -0.39 is 10.0 Å². The van der Waals surface area contributed by atoms with Crippen molar-refractivity contribution in [3.05, 3.63) is 71.9 Å². The van der Waals surface area contributed by atoms with Gasteiger partial charge in [0.15, 0.2) is 0 Å². The molecule has 4 aromatic rings. The first-order valence-electron chi connectivity index (χ1n) is 8.59. The Morgan fingerprint density at radius 1 is 1.07 bits per heavy atom.